The van der Waals surface area contributed by atoms with Crippen molar-refractivity contribution in [2.24, 2.45) is 0 Å². The highest BCUT2D eigenvalue weighted by molar-refractivity contribution is 6.14. The maximum absolute atomic E-state index is 11.4. The molecule has 7 heterocycles. The van der Waals surface area contributed by atoms with Gasteiger partial charge < -0.3 is 9.13 Å². The molecule has 0 amide bonds. The third-order valence-corrected chi connectivity index (χ3v) is 14.6. The molecule has 402 valence electrons. The highest BCUT2D eigenvalue weighted by Gasteiger charge is 2.28. The summed E-state index contributed by atoms with van der Waals surface area (Å²) in [4.78, 5) is 72.5. The molecule has 0 bridgehead atoms. The van der Waals surface area contributed by atoms with Crippen molar-refractivity contribution >= 4 is 43.6 Å². The molecule has 84 heavy (non-hydrogen) atoms. The van der Waals surface area contributed by atoms with Crippen molar-refractivity contribution in [3.63, 3.8) is 0 Å². The normalized spacial score (nSPS) is 11.6. The van der Waals surface area contributed by atoms with Crippen LogP contribution in [0.3, 0.4) is 0 Å². The van der Waals surface area contributed by atoms with E-state index in [-0.39, 0.29) is 0 Å². The number of hydrogen-bond donors (Lipinski definition) is 0. The summed E-state index contributed by atoms with van der Waals surface area (Å²) in [6, 6.07) is 51.1. The van der Waals surface area contributed by atoms with Crippen molar-refractivity contribution in [3.8, 4) is 97.2 Å². The molecule has 7 aromatic carbocycles. The first-order valence-electron chi connectivity index (χ1n) is 27.2. The topological polar surface area (TPSA) is 227 Å². The summed E-state index contributed by atoms with van der Waals surface area (Å²) in [5.41, 5.74) is 10.3. The third-order valence-electron chi connectivity index (χ3n) is 14.6. The average molecular weight is 1090 g/mol. The quantitative estimate of drug-likeness (QED) is 0.131. The fraction of sp³-hybridized carbons (Fsp3) is 0.121. The maximum atomic E-state index is 11.4. The van der Waals surface area contributed by atoms with Crippen LogP contribution in [-0.2, 0) is 0 Å². The van der Waals surface area contributed by atoms with Gasteiger partial charge in [-0.2, -0.15) is 5.26 Å². The van der Waals surface area contributed by atoms with Crippen molar-refractivity contribution in [2.75, 3.05) is 0 Å². The van der Waals surface area contributed by atoms with Gasteiger partial charge >= 0.3 is 0 Å². The SMILES string of the molecule is Cc1nc(C)nc(-c2ccc3c(c2)c2cc(-c4nc(C)nc(C)n4)ccc2n3-c2cc(C#N)cc(-n3c4ccc(-c5nc(C)nc(C)n5)cc4c4cc(-c5nc(C)nc(C)n5)ccc43)c2-c2nc(-c3ccccc3)nc(-c3ccccc3)n2)n1. The monoisotopic (exact) mass is 1090 g/mol. The second kappa shape index (κ2) is 20.0. The zero-order valence-corrected chi connectivity index (χ0v) is 46.9. The summed E-state index contributed by atoms with van der Waals surface area (Å²) in [5, 5.41) is 15.0. The lowest BCUT2D eigenvalue weighted by Crippen LogP contribution is -2.08. The molecule has 0 radical (unpaired) electrons. The highest BCUT2D eigenvalue weighted by Crippen LogP contribution is 2.45. The first kappa shape index (κ1) is 50.9. The number of benzene rings is 7. The van der Waals surface area contributed by atoms with Crippen LogP contribution in [0.25, 0.3) is 135 Å². The Kier molecular flexibility index (Phi) is 12.1. The molecule has 0 aliphatic rings. The van der Waals surface area contributed by atoms with Crippen LogP contribution in [0.5, 0.6) is 0 Å². The summed E-state index contributed by atoms with van der Waals surface area (Å²) < 4.78 is 4.39. The number of hydrogen-bond acceptors (Lipinski definition) is 16. The van der Waals surface area contributed by atoms with Crippen LogP contribution < -0.4 is 0 Å². The van der Waals surface area contributed by atoms with E-state index >= 15 is 0 Å². The van der Waals surface area contributed by atoms with Gasteiger partial charge in [-0.25, -0.2) is 74.8 Å². The van der Waals surface area contributed by atoms with E-state index < -0.39 is 0 Å². The summed E-state index contributed by atoms with van der Waals surface area (Å²) >= 11 is 0. The molecule has 0 saturated carbocycles. The number of fused-ring (bicyclic) bond motifs is 6. The standard InChI is InChI=1S/C66H48N18/c1-34-68-35(2)73-62(72-34)45-19-23-53-49(29-45)50-30-46(63-74-36(3)69-37(4)75-63)20-24-54(50)83(53)57-27-42(33-67)28-58(59(57)66-81-60(43-15-11-9-12-16-43)80-61(82-66)44-17-13-10-14-18-44)84-55-25-21-47(64-76-38(5)70-39(6)77-64)31-51(55)52-32-48(22-26-56(52)84)65-78-40(7)71-41(8)79-65/h9-32H,1-8H3. The zero-order valence-electron chi connectivity index (χ0n) is 46.9. The minimum Gasteiger partial charge on any atom is -0.308 e. The van der Waals surface area contributed by atoms with Crippen LogP contribution in [0, 0.1) is 66.7 Å². The summed E-state index contributed by atoms with van der Waals surface area (Å²) in [6.45, 7) is 14.9. The smallest absolute Gasteiger partial charge is 0.168 e. The molecular formula is C66H48N18. The van der Waals surface area contributed by atoms with Gasteiger partial charge in [-0.15, -0.1) is 0 Å². The minimum atomic E-state index is 0.364. The summed E-state index contributed by atoms with van der Waals surface area (Å²) in [7, 11) is 0. The lowest BCUT2D eigenvalue weighted by atomic mass is 10.0. The molecule has 0 saturated heterocycles. The van der Waals surface area contributed by atoms with Gasteiger partial charge in [0, 0.05) is 54.9 Å². The van der Waals surface area contributed by atoms with Gasteiger partial charge in [0.05, 0.1) is 50.6 Å². The van der Waals surface area contributed by atoms with Crippen molar-refractivity contribution in [3.05, 3.63) is 198 Å². The highest BCUT2D eigenvalue weighted by atomic mass is 15.1. The van der Waals surface area contributed by atoms with Gasteiger partial charge in [0.25, 0.3) is 0 Å². The van der Waals surface area contributed by atoms with E-state index in [9.17, 15) is 5.26 Å². The Morgan fingerprint density at radius 2 is 0.536 bits per heavy atom. The second-order valence-corrected chi connectivity index (χ2v) is 20.7. The third kappa shape index (κ3) is 9.05. The van der Waals surface area contributed by atoms with Crippen LogP contribution in [0.2, 0.25) is 0 Å². The Morgan fingerprint density at radius 3 is 0.810 bits per heavy atom. The van der Waals surface area contributed by atoms with E-state index in [2.05, 4.69) is 83.7 Å². The van der Waals surface area contributed by atoms with E-state index in [0.29, 0.717) is 110 Å². The van der Waals surface area contributed by atoms with Crippen LogP contribution in [0.1, 0.15) is 52.2 Å². The van der Waals surface area contributed by atoms with Gasteiger partial charge in [-0.05, 0) is 140 Å². The number of nitriles is 1. The molecule has 0 spiro atoms. The Morgan fingerprint density at radius 1 is 0.274 bits per heavy atom. The Labute approximate surface area is 480 Å². The molecule has 0 fully saturated rings. The van der Waals surface area contributed by atoms with Crippen molar-refractivity contribution in [1.29, 1.82) is 5.26 Å². The largest absolute Gasteiger partial charge is 0.308 e. The van der Waals surface area contributed by atoms with Crippen LogP contribution >= 0.6 is 0 Å². The van der Waals surface area contributed by atoms with Gasteiger partial charge in [-0.1, -0.05) is 60.7 Å². The molecule has 14 aromatic rings. The molecule has 0 aliphatic carbocycles. The van der Waals surface area contributed by atoms with Crippen molar-refractivity contribution in [2.45, 2.75) is 55.4 Å². The van der Waals surface area contributed by atoms with Gasteiger partial charge in [0.15, 0.2) is 40.8 Å². The van der Waals surface area contributed by atoms with Crippen molar-refractivity contribution < 1.29 is 0 Å². The molecule has 0 aliphatic heterocycles. The van der Waals surface area contributed by atoms with Gasteiger partial charge in [0.2, 0.25) is 0 Å². The number of nitrogens with zero attached hydrogens (tertiary/aromatic N) is 18. The average Bonchev–Trinajstić information content (AvgIpc) is 1.79. The predicted molar refractivity (Wildman–Crippen MR) is 323 cm³/mol. The van der Waals surface area contributed by atoms with Crippen LogP contribution in [0.15, 0.2) is 146 Å². The lowest BCUT2D eigenvalue weighted by molar-refractivity contribution is 0.928. The minimum absolute atomic E-state index is 0.364. The van der Waals surface area contributed by atoms with E-state index in [4.69, 9.17) is 54.8 Å². The number of aromatic nitrogens is 17. The van der Waals surface area contributed by atoms with E-state index in [1.807, 2.05) is 152 Å². The number of aryl methyl sites for hydroxylation is 8. The maximum Gasteiger partial charge on any atom is 0.168 e. The molecule has 18 heteroatoms. The van der Waals surface area contributed by atoms with Gasteiger partial charge in [0.1, 0.15) is 46.6 Å². The Hall–Kier alpha value is -11.3. The zero-order chi connectivity index (χ0) is 57.5. The fourth-order valence-electron chi connectivity index (χ4n) is 11.3. The first-order valence-corrected chi connectivity index (χ1v) is 27.2. The van der Waals surface area contributed by atoms with E-state index in [1.165, 1.54) is 0 Å². The molecule has 18 nitrogen and oxygen atoms in total. The molecule has 0 N–H and O–H groups in total. The predicted octanol–water partition coefficient (Wildman–Crippen LogP) is 12.8. The number of rotatable bonds is 9. The van der Waals surface area contributed by atoms with E-state index in [1.54, 1.807) is 0 Å². The molecular weight excluding hydrogens is 1040 g/mol. The van der Waals surface area contributed by atoms with E-state index in [0.717, 1.165) is 77.0 Å². The molecule has 7 aromatic heterocycles. The first-order chi connectivity index (χ1) is 40.8. The van der Waals surface area contributed by atoms with Crippen LogP contribution in [-0.4, -0.2) is 83.9 Å². The van der Waals surface area contributed by atoms with Gasteiger partial charge in [-0.3, -0.25) is 0 Å². The van der Waals surface area contributed by atoms with Crippen LogP contribution in [0.4, 0.5) is 0 Å². The molecule has 0 unspecified atom stereocenters. The molecule has 0 atom stereocenters. The molecule has 14 rings (SSSR count). The second-order valence-electron chi connectivity index (χ2n) is 20.7. The summed E-state index contributed by atoms with van der Waals surface area (Å²) in [6.07, 6.45) is 0. The van der Waals surface area contributed by atoms with Crippen molar-refractivity contribution in [1.82, 2.24) is 83.9 Å². The summed E-state index contributed by atoms with van der Waals surface area (Å²) in [5.74, 6) is 8.36. The fourth-order valence-corrected chi connectivity index (χ4v) is 11.3. The Bertz CT molecular complexity index is 4480. The Balaban J connectivity index is 1.14. The lowest BCUT2D eigenvalue weighted by Gasteiger charge is -2.20.